The fourth-order valence-corrected chi connectivity index (χ4v) is 3.19. The van der Waals surface area contributed by atoms with Crippen LogP contribution in [0.1, 0.15) is 22.1 Å². The minimum Gasteiger partial charge on any atom is -0.334 e. The molecule has 25 heavy (non-hydrogen) atoms. The predicted molar refractivity (Wildman–Crippen MR) is 94.6 cm³/mol. The molecule has 132 valence electrons. The number of carbonyl (C=O) groups is 1. The molecule has 3 rings (SSSR count). The lowest BCUT2D eigenvalue weighted by Gasteiger charge is -2.39. The highest BCUT2D eigenvalue weighted by molar-refractivity contribution is 5.92. The lowest BCUT2D eigenvalue weighted by Crippen LogP contribution is -2.50. The van der Waals surface area contributed by atoms with Gasteiger partial charge >= 0.3 is 5.69 Å². The van der Waals surface area contributed by atoms with Gasteiger partial charge < -0.3 is 4.90 Å². The molecule has 1 amide bonds. The van der Waals surface area contributed by atoms with E-state index in [1.165, 1.54) is 24.7 Å². The average Bonchev–Trinajstić information content (AvgIpc) is 2.63. The fourth-order valence-electron chi connectivity index (χ4n) is 3.19. The third kappa shape index (κ3) is 3.15. The number of carbonyl (C=O) groups excluding carboxylic acids is 1. The van der Waals surface area contributed by atoms with Gasteiger partial charge in [0.1, 0.15) is 5.69 Å². The standard InChI is InChI=1S/C18H22N4O3/c1-19-9-10-22(12-15(19)13-7-5-4-6-8-13)17(24)14-11-16(23)21(3)18(25)20(14)2/h4-8,11,15H,9-10,12H2,1-3H3. The van der Waals surface area contributed by atoms with Crippen LogP contribution in [0.4, 0.5) is 0 Å². The summed E-state index contributed by atoms with van der Waals surface area (Å²) in [5.41, 5.74) is 0.301. The third-order valence-electron chi connectivity index (χ3n) is 4.86. The summed E-state index contributed by atoms with van der Waals surface area (Å²) in [6.07, 6.45) is 0. The number of likely N-dealkylation sites (N-methyl/N-ethyl adjacent to an activating group) is 1. The van der Waals surface area contributed by atoms with Gasteiger partial charge in [0.05, 0.1) is 6.04 Å². The second kappa shape index (κ2) is 6.68. The molecular weight excluding hydrogens is 320 g/mol. The first-order chi connectivity index (χ1) is 11.9. The van der Waals surface area contributed by atoms with Crippen molar-refractivity contribution in [3.8, 4) is 0 Å². The molecule has 1 aromatic heterocycles. The first kappa shape index (κ1) is 17.2. The number of nitrogens with zero attached hydrogens (tertiary/aromatic N) is 4. The fraction of sp³-hybridized carbons (Fsp3) is 0.389. The molecular formula is C18H22N4O3. The number of rotatable bonds is 2. The van der Waals surface area contributed by atoms with Gasteiger partial charge in [0, 0.05) is 39.8 Å². The Morgan fingerprint density at radius 3 is 2.36 bits per heavy atom. The molecule has 0 saturated carbocycles. The van der Waals surface area contributed by atoms with Crippen LogP contribution in [0.3, 0.4) is 0 Å². The van der Waals surface area contributed by atoms with Gasteiger partial charge in [-0.05, 0) is 12.6 Å². The topological polar surface area (TPSA) is 67.6 Å². The molecule has 1 aromatic carbocycles. The maximum absolute atomic E-state index is 12.9. The lowest BCUT2D eigenvalue weighted by molar-refractivity contribution is 0.0535. The van der Waals surface area contributed by atoms with Gasteiger partial charge in [0.25, 0.3) is 11.5 Å². The van der Waals surface area contributed by atoms with Gasteiger partial charge in [-0.3, -0.25) is 23.6 Å². The lowest BCUT2D eigenvalue weighted by atomic mass is 10.0. The maximum atomic E-state index is 12.9. The second-order valence-electron chi connectivity index (χ2n) is 6.43. The zero-order valence-electron chi connectivity index (χ0n) is 14.7. The van der Waals surface area contributed by atoms with E-state index in [-0.39, 0.29) is 17.6 Å². The van der Waals surface area contributed by atoms with Gasteiger partial charge in [-0.1, -0.05) is 30.3 Å². The Balaban J connectivity index is 1.91. The number of hydrogen-bond donors (Lipinski definition) is 0. The first-order valence-corrected chi connectivity index (χ1v) is 8.21. The molecule has 1 fully saturated rings. The van der Waals surface area contributed by atoms with Gasteiger partial charge in [-0.2, -0.15) is 0 Å². The highest BCUT2D eigenvalue weighted by Gasteiger charge is 2.30. The van der Waals surface area contributed by atoms with Crippen LogP contribution in [0.5, 0.6) is 0 Å². The Kier molecular flexibility index (Phi) is 4.59. The van der Waals surface area contributed by atoms with Crippen molar-refractivity contribution in [3.63, 3.8) is 0 Å². The Morgan fingerprint density at radius 1 is 1.00 bits per heavy atom. The highest BCUT2D eigenvalue weighted by atomic mass is 16.2. The molecule has 0 aliphatic carbocycles. The zero-order chi connectivity index (χ0) is 18.1. The molecule has 1 saturated heterocycles. The van der Waals surface area contributed by atoms with Crippen LogP contribution in [0.2, 0.25) is 0 Å². The summed E-state index contributed by atoms with van der Waals surface area (Å²) in [5.74, 6) is -0.286. The zero-order valence-corrected chi connectivity index (χ0v) is 14.7. The Bertz CT molecular complexity index is 901. The molecule has 1 aliphatic heterocycles. The summed E-state index contributed by atoms with van der Waals surface area (Å²) < 4.78 is 2.23. The Morgan fingerprint density at radius 2 is 1.68 bits per heavy atom. The van der Waals surface area contributed by atoms with E-state index in [0.717, 1.165) is 16.7 Å². The minimum absolute atomic E-state index is 0.0856. The molecule has 0 spiro atoms. The average molecular weight is 342 g/mol. The summed E-state index contributed by atoms with van der Waals surface area (Å²) in [7, 11) is 4.95. The number of amides is 1. The Hall–Kier alpha value is -2.67. The van der Waals surface area contributed by atoms with Crippen LogP contribution in [0.15, 0.2) is 46.0 Å². The first-order valence-electron chi connectivity index (χ1n) is 8.21. The summed E-state index contributed by atoms with van der Waals surface area (Å²) in [4.78, 5) is 40.8. The molecule has 0 N–H and O–H groups in total. The van der Waals surface area contributed by atoms with Crippen LogP contribution in [-0.4, -0.2) is 51.5 Å². The van der Waals surface area contributed by atoms with Crippen LogP contribution in [0.25, 0.3) is 0 Å². The highest BCUT2D eigenvalue weighted by Crippen LogP contribution is 2.24. The van der Waals surface area contributed by atoms with E-state index < -0.39 is 11.2 Å². The van der Waals surface area contributed by atoms with Gasteiger partial charge in [-0.15, -0.1) is 0 Å². The summed E-state index contributed by atoms with van der Waals surface area (Å²) >= 11 is 0. The van der Waals surface area contributed by atoms with Crippen molar-refractivity contribution in [3.05, 3.63) is 68.5 Å². The molecule has 0 radical (unpaired) electrons. The minimum atomic E-state index is -0.496. The smallest absolute Gasteiger partial charge is 0.331 e. The van der Waals surface area contributed by atoms with Crippen molar-refractivity contribution < 1.29 is 4.79 Å². The van der Waals surface area contributed by atoms with E-state index in [0.29, 0.717) is 13.1 Å². The summed E-state index contributed by atoms with van der Waals surface area (Å²) in [5, 5.41) is 0. The molecule has 1 atom stereocenters. The molecule has 1 unspecified atom stereocenters. The maximum Gasteiger partial charge on any atom is 0.331 e. The largest absolute Gasteiger partial charge is 0.334 e. The van der Waals surface area contributed by atoms with E-state index in [1.807, 2.05) is 37.4 Å². The Labute approximate surface area is 145 Å². The van der Waals surface area contributed by atoms with Crippen LogP contribution < -0.4 is 11.2 Å². The van der Waals surface area contributed by atoms with Crippen LogP contribution in [-0.2, 0) is 14.1 Å². The normalized spacial score (nSPS) is 18.4. The molecule has 7 heteroatoms. The molecule has 2 aromatic rings. The van der Waals surface area contributed by atoms with E-state index in [9.17, 15) is 14.4 Å². The van der Waals surface area contributed by atoms with Crippen molar-refractivity contribution >= 4 is 5.91 Å². The van der Waals surface area contributed by atoms with Crippen LogP contribution >= 0.6 is 0 Å². The summed E-state index contributed by atoms with van der Waals surface area (Å²) in [6.45, 7) is 1.80. The monoisotopic (exact) mass is 342 g/mol. The molecule has 0 bridgehead atoms. The number of benzene rings is 1. The SMILES string of the molecule is CN1CCN(C(=O)c2cc(=O)n(C)c(=O)n2C)CC1c1ccccc1. The van der Waals surface area contributed by atoms with E-state index in [2.05, 4.69) is 4.90 Å². The van der Waals surface area contributed by atoms with E-state index in [4.69, 9.17) is 0 Å². The second-order valence-corrected chi connectivity index (χ2v) is 6.43. The quantitative estimate of drug-likeness (QED) is 0.783. The van der Waals surface area contributed by atoms with Crippen molar-refractivity contribution in [1.29, 1.82) is 0 Å². The van der Waals surface area contributed by atoms with E-state index >= 15 is 0 Å². The number of hydrogen-bond acceptors (Lipinski definition) is 4. The van der Waals surface area contributed by atoms with Crippen molar-refractivity contribution in [2.45, 2.75) is 6.04 Å². The third-order valence-corrected chi connectivity index (χ3v) is 4.86. The van der Waals surface area contributed by atoms with Crippen LogP contribution in [0, 0.1) is 0 Å². The number of aromatic nitrogens is 2. The predicted octanol–water partition coefficient (Wildman–Crippen LogP) is 0.213. The van der Waals surface area contributed by atoms with Gasteiger partial charge in [-0.25, -0.2) is 4.79 Å². The van der Waals surface area contributed by atoms with E-state index in [1.54, 1.807) is 4.90 Å². The van der Waals surface area contributed by atoms with Crippen molar-refractivity contribution in [2.75, 3.05) is 26.7 Å². The molecule has 1 aliphatic rings. The molecule has 2 heterocycles. The molecule has 7 nitrogen and oxygen atoms in total. The number of piperazine rings is 1. The van der Waals surface area contributed by atoms with Crippen molar-refractivity contribution in [1.82, 2.24) is 18.9 Å². The van der Waals surface area contributed by atoms with Gasteiger partial charge in [0.15, 0.2) is 0 Å². The van der Waals surface area contributed by atoms with Crippen molar-refractivity contribution in [2.24, 2.45) is 14.1 Å². The summed E-state index contributed by atoms with van der Waals surface area (Å²) in [6, 6.07) is 11.3. The van der Waals surface area contributed by atoms with Gasteiger partial charge in [0.2, 0.25) is 0 Å².